The van der Waals surface area contributed by atoms with Gasteiger partial charge < -0.3 is 14.6 Å². The highest BCUT2D eigenvalue weighted by molar-refractivity contribution is 5.95. The molecule has 2 heterocycles. The second-order valence-corrected chi connectivity index (χ2v) is 7.76. The third-order valence-corrected chi connectivity index (χ3v) is 5.14. The van der Waals surface area contributed by atoms with Crippen LogP contribution < -0.4 is 5.32 Å². The summed E-state index contributed by atoms with van der Waals surface area (Å²) < 4.78 is 5.14. The van der Waals surface area contributed by atoms with Gasteiger partial charge in [0.05, 0.1) is 6.26 Å². The third-order valence-electron chi connectivity index (χ3n) is 5.14. The van der Waals surface area contributed by atoms with Crippen molar-refractivity contribution in [2.75, 3.05) is 26.2 Å². The highest BCUT2D eigenvalue weighted by Crippen LogP contribution is 2.14. The molecule has 1 saturated heterocycles. The monoisotopic (exact) mass is 383 g/mol. The molecule has 3 rings (SSSR count). The molecule has 0 bridgehead atoms. The lowest BCUT2D eigenvalue weighted by Gasteiger charge is -2.37. The standard InChI is InChI=1S/C22H29N3O3/c1-16(2)20(23-21(26)19-8-5-13-28-19)22(27)25-11-9-24(10-12-25)15-18-7-4-6-17(3)14-18/h4-8,13-14,16,20H,9-12,15H2,1-3H3,(H,23,26). The molecule has 150 valence electrons. The smallest absolute Gasteiger partial charge is 0.287 e. The first kappa shape index (κ1) is 20.1. The minimum Gasteiger partial charge on any atom is -0.459 e. The predicted octanol–water partition coefficient (Wildman–Crippen LogP) is 2.69. The molecular formula is C22H29N3O3. The molecule has 28 heavy (non-hydrogen) atoms. The van der Waals surface area contributed by atoms with E-state index in [1.54, 1.807) is 12.1 Å². The van der Waals surface area contributed by atoms with Crippen molar-refractivity contribution in [3.63, 3.8) is 0 Å². The Labute approximate surface area is 166 Å². The molecule has 0 spiro atoms. The van der Waals surface area contributed by atoms with Gasteiger partial charge in [-0.1, -0.05) is 43.7 Å². The molecule has 1 aliphatic rings. The van der Waals surface area contributed by atoms with Crippen LogP contribution in [-0.2, 0) is 11.3 Å². The van der Waals surface area contributed by atoms with E-state index in [1.165, 1.54) is 17.4 Å². The number of aryl methyl sites for hydroxylation is 1. The van der Waals surface area contributed by atoms with Gasteiger partial charge in [0.2, 0.25) is 5.91 Å². The number of nitrogens with one attached hydrogen (secondary N) is 1. The van der Waals surface area contributed by atoms with E-state index in [2.05, 4.69) is 41.4 Å². The molecule has 0 saturated carbocycles. The van der Waals surface area contributed by atoms with Crippen molar-refractivity contribution >= 4 is 11.8 Å². The Morgan fingerprint density at radius 2 is 1.86 bits per heavy atom. The van der Waals surface area contributed by atoms with Crippen LogP contribution >= 0.6 is 0 Å². The quantitative estimate of drug-likeness (QED) is 0.833. The zero-order valence-electron chi connectivity index (χ0n) is 16.9. The molecule has 0 radical (unpaired) electrons. The van der Waals surface area contributed by atoms with Gasteiger partial charge >= 0.3 is 0 Å². The number of hydrogen-bond acceptors (Lipinski definition) is 4. The van der Waals surface area contributed by atoms with Crippen molar-refractivity contribution in [1.82, 2.24) is 15.1 Å². The van der Waals surface area contributed by atoms with Crippen molar-refractivity contribution in [1.29, 1.82) is 0 Å². The number of furan rings is 1. The number of amides is 2. The van der Waals surface area contributed by atoms with E-state index in [4.69, 9.17) is 4.42 Å². The van der Waals surface area contributed by atoms with Crippen LogP contribution in [0.25, 0.3) is 0 Å². The van der Waals surface area contributed by atoms with Crippen LogP contribution in [0, 0.1) is 12.8 Å². The maximum Gasteiger partial charge on any atom is 0.287 e. The molecule has 6 heteroatoms. The van der Waals surface area contributed by atoms with E-state index in [0.29, 0.717) is 13.1 Å². The van der Waals surface area contributed by atoms with E-state index in [0.717, 1.165) is 19.6 Å². The molecule has 1 unspecified atom stereocenters. The average Bonchev–Trinajstić information content (AvgIpc) is 3.21. The fraction of sp³-hybridized carbons (Fsp3) is 0.455. The van der Waals surface area contributed by atoms with Crippen molar-refractivity contribution in [2.45, 2.75) is 33.4 Å². The van der Waals surface area contributed by atoms with Gasteiger partial charge in [0.15, 0.2) is 5.76 Å². The highest BCUT2D eigenvalue weighted by atomic mass is 16.3. The van der Waals surface area contributed by atoms with Crippen molar-refractivity contribution in [3.05, 3.63) is 59.5 Å². The molecule has 6 nitrogen and oxygen atoms in total. The van der Waals surface area contributed by atoms with Gasteiger partial charge in [-0.05, 0) is 30.5 Å². The number of carbonyl (C=O) groups excluding carboxylic acids is 2. The van der Waals surface area contributed by atoms with E-state index < -0.39 is 6.04 Å². The Kier molecular flexibility index (Phi) is 6.52. The molecular weight excluding hydrogens is 354 g/mol. The lowest BCUT2D eigenvalue weighted by atomic mass is 10.0. The Morgan fingerprint density at radius 1 is 1.11 bits per heavy atom. The first-order valence-corrected chi connectivity index (χ1v) is 9.85. The summed E-state index contributed by atoms with van der Waals surface area (Å²) in [6, 6.07) is 11.2. The van der Waals surface area contributed by atoms with Crippen LogP contribution in [0.15, 0.2) is 47.1 Å². The molecule has 1 aromatic carbocycles. The first-order chi connectivity index (χ1) is 13.4. The van der Waals surface area contributed by atoms with Crippen LogP contribution in [0.5, 0.6) is 0 Å². The molecule has 1 fully saturated rings. The molecule has 1 atom stereocenters. The van der Waals surface area contributed by atoms with Crippen molar-refractivity contribution in [3.8, 4) is 0 Å². The van der Waals surface area contributed by atoms with Gasteiger partial charge in [-0.25, -0.2) is 0 Å². The lowest BCUT2D eigenvalue weighted by molar-refractivity contribution is -0.136. The first-order valence-electron chi connectivity index (χ1n) is 9.85. The molecule has 1 N–H and O–H groups in total. The van der Waals surface area contributed by atoms with Gasteiger partial charge in [-0.15, -0.1) is 0 Å². The van der Waals surface area contributed by atoms with Gasteiger partial charge in [0.1, 0.15) is 6.04 Å². The van der Waals surface area contributed by atoms with E-state index in [-0.39, 0.29) is 23.5 Å². The molecule has 0 aliphatic carbocycles. The molecule has 2 aromatic rings. The second kappa shape index (κ2) is 9.06. The minimum absolute atomic E-state index is 0.00302. The Morgan fingerprint density at radius 3 is 2.46 bits per heavy atom. The zero-order valence-corrected chi connectivity index (χ0v) is 16.9. The average molecular weight is 383 g/mol. The molecule has 1 aliphatic heterocycles. The predicted molar refractivity (Wildman–Crippen MR) is 108 cm³/mol. The van der Waals surface area contributed by atoms with Crippen LogP contribution in [-0.4, -0.2) is 53.8 Å². The van der Waals surface area contributed by atoms with Crippen LogP contribution in [0.3, 0.4) is 0 Å². The summed E-state index contributed by atoms with van der Waals surface area (Å²) in [7, 11) is 0. The summed E-state index contributed by atoms with van der Waals surface area (Å²) in [5, 5.41) is 2.84. The van der Waals surface area contributed by atoms with Gasteiger partial charge in [0.25, 0.3) is 5.91 Å². The van der Waals surface area contributed by atoms with Crippen molar-refractivity contribution in [2.24, 2.45) is 5.92 Å². The Bertz CT molecular complexity index is 793. The summed E-state index contributed by atoms with van der Waals surface area (Å²) in [6.07, 6.45) is 1.45. The lowest BCUT2D eigenvalue weighted by Crippen LogP contribution is -2.56. The van der Waals surface area contributed by atoms with Crippen LogP contribution in [0.2, 0.25) is 0 Å². The minimum atomic E-state index is -0.555. The number of hydrogen-bond donors (Lipinski definition) is 1. The topological polar surface area (TPSA) is 65.8 Å². The summed E-state index contributed by atoms with van der Waals surface area (Å²) in [5.41, 5.74) is 2.56. The van der Waals surface area contributed by atoms with E-state index in [9.17, 15) is 9.59 Å². The van der Waals surface area contributed by atoms with Crippen LogP contribution in [0.4, 0.5) is 0 Å². The number of piperazine rings is 1. The van der Waals surface area contributed by atoms with Gasteiger partial charge in [0, 0.05) is 32.7 Å². The second-order valence-electron chi connectivity index (χ2n) is 7.76. The summed E-state index contributed by atoms with van der Waals surface area (Å²) in [5.74, 6) is -0.154. The zero-order chi connectivity index (χ0) is 20.1. The van der Waals surface area contributed by atoms with Crippen molar-refractivity contribution < 1.29 is 14.0 Å². The normalized spacial score (nSPS) is 16.2. The maximum absolute atomic E-state index is 13.0. The van der Waals surface area contributed by atoms with E-state index >= 15 is 0 Å². The summed E-state index contributed by atoms with van der Waals surface area (Å²) in [4.78, 5) is 29.5. The number of benzene rings is 1. The summed E-state index contributed by atoms with van der Waals surface area (Å²) >= 11 is 0. The Hall–Kier alpha value is -2.60. The Balaban J connectivity index is 1.55. The number of nitrogens with zero attached hydrogens (tertiary/aromatic N) is 2. The van der Waals surface area contributed by atoms with Gasteiger partial charge in [-0.2, -0.15) is 0 Å². The number of carbonyl (C=O) groups is 2. The van der Waals surface area contributed by atoms with Gasteiger partial charge in [-0.3, -0.25) is 14.5 Å². The summed E-state index contributed by atoms with van der Waals surface area (Å²) in [6.45, 7) is 9.88. The highest BCUT2D eigenvalue weighted by Gasteiger charge is 2.31. The fourth-order valence-corrected chi connectivity index (χ4v) is 3.53. The van der Waals surface area contributed by atoms with E-state index in [1.807, 2.05) is 18.7 Å². The van der Waals surface area contributed by atoms with Crippen LogP contribution in [0.1, 0.15) is 35.5 Å². The SMILES string of the molecule is Cc1cccc(CN2CCN(C(=O)C(NC(=O)c3ccco3)C(C)C)CC2)c1. The number of rotatable bonds is 6. The fourth-order valence-electron chi connectivity index (χ4n) is 3.53. The third kappa shape index (κ3) is 5.01. The molecule has 2 amide bonds. The maximum atomic E-state index is 13.0. The largest absolute Gasteiger partial charge is 0.459 e. The molecule has 1 aromatic heterocycles.